The zero-order valence-electron chi connectivity index (χ0n) is 17.6. The largest absolute Gasteiger partial charge is 0.510 e. The monoisotopic (exact) mass is 483 g/mol. The fraction of sp³-hybridized carbons (Fsp3) is 0.381. The van der Waals surface area contributed by atoms with E-state index in [1.54, 1.807) is 0 Å². The van der Waals surface area contributed by atoms with E-state index in [4.69, 9.17) is 11.5 Å². The fourth-order valence-corrected chi connectivity index (χ4v) is 5.29. The average Bonchev–Trinajstić information content (AvgIpc) is 2.68. The molecule has 0 aliphatic heterocycles. The molecule has 4 unspecified atom stereocenters. The number of Topliss-reactive ketones (excluding diaryl/α,β-unsaturated/α-hetero) is 2. The number of aliphatic hydroxyl groups excluding tert-OH is 2. The number of aromatic hydroxyl groups is 1. The Balaban J connectivity index is 0.00000306. The number of amides is 1. The summed E-state index contributed by atoms with van der Waals surface area (Å²) in [5, 5.41) is 43.4. The van der Waals surface area contributed by atoms with Crippen LogP contribution in [0.3, 0.4) is 0 Å². The second-order valence-corrected chi connectivity index (χ2v) is 8.62. The quantitative estimate of drug-likeness (QED) is 0.195. The molecule has 33 heavy (non-hydrogen) atoms. The molecule has 4 atom stereocenters. The first-order valence-electron chi connectivity index (χ1n) is 9.78. The number of anilines is 1. The number of ketones is 2. The van der Waals surface area contributed by atoms with E-state index >= 15 is 0 Å². The van der Waals surface area contributed by atoms with Gasteiger partial charge in [-0.2, -0.15) is 0 Å². The van der Waals surface area contributed by atoms with Gasteiger partial charge in [0, 0.05) is 11.5 Å². The van der Waals surface area contributed by atoms with Gasteiger partial charge in [-0.05, 0) is 44.5 Å². The van der Waals surface area contributed by atoms with Crippen LogP contribution in [0, 0.1) is 17.7 Å². The number of likely N-dealkylation sites (N-methyl/N-ethyl adjacent to an activating group) is 1. The van der Waals surface area contributed by atoms with Crippen LogP contribution in [0.25, 0.3) is 0 Å². The first kappa shape index (κ1) is 24.5. The molecule has 1 amide bonds. The number of carbonyl (C=O) groups is 3. The Labute approximate surface area is 193 Å². The number of carbonyl (C=O) groups excluding carboxylic acids is 3. The molecule has 0 radical (unpaired) electrons. The van der Waals surface area contributed by atoms with Gasteiger partial charge in [0.15, 0.2) is 17.1 Å². The third-order valence-corrected chi connectivity index (χ3v) is 6.70. The van der Waals surface area contributed by atoms with Crippen molar-refractivity contribution in [1.82, 2.24) is 4.90 Å². The number of hydrogen-bond acceptors (Lipinski definition) is 9. The van der Waals surface area contributed by atoms with Crippen LogP contribution >= 0.6 is 12.4 Å². The highest BCUT2D eigenvalue weighted by Gasteiger charge is 2.63. The molecule has 8 N–H and O–H groups in total. The number of benzene rings is 1. The summed E-state index contributed by atoms with van der Waals surface area (Å²) in [6, 6.07) is -0.0634. The van der Waals surface area contributed by atoms with Crippen LogP contribution in [0.1, 0.15) is 22.3 Å². The molecule has 0 fully saturated rings. The summed E-state index contributed by atoms with van der Waals surface area (Å²) in [4.78, 5) is 39.7. The molecular formula is C21H23ClFN3O7. The highest BCUT2D eigenvalue weighted by atomic mass is 35.5. The molecule has 0 aromatic heterocycles. The molecule has 3 aliphatic rings. The average molecular weight is 484 g/mol. The molecule has 0 spiro atoms. The van der Waals surface area contributed by atoms with E-state index in [-0.39, 0.29) is 41.9 Å². The third-order valence-electron chi connectivity index (χ3n) is 6.70. The molecule has 178 valence electrons. The number of nitrogens with zero attached hydrogens (tertiary/aromatic N) is 1. The van der Waals surface area contributed by atoms with Crippen molar-refractivity contribution in [3.05, 3.63) is 45.7 Å². The Morgan fingerprint density at radius 1 is 1.24 bits per heavy atom. The molecule has 0 saturated carbocycles. The summed E-state index contributed by atoms with van der Waals surface area (Å²) >= 11 is 0. The van der Waals surface area contributed by atoms with Crippen LogP contribution < -0.4 is 11.5 Å². The fourth-order valence-electron chi connectivity index (χ4n) is 5.29. The van der Waals surface area contributed by atoms with Crippen LogP contribution in [0.5, 0.6) is 5.75 Å². The van der Waals surface area contributed by atoms with Crippen molar-refractivity contribution >= 4 is 35.6 Å². The summed E-state index contributed by atoms with van der Waals surface area (Å²) in [5.74, 6) is -8.79. The molecule has 1 aromatic carbocycles. The number of halogens is 2. The lowest BCUT2D eigenvalue weighted by molar-refractivity contribution is -0.148. The van der Waals surface area contributed by atoms with Crippen molar-refractivity contribution < 1.29 is 39.2 Å². The number of nitrogen functional groups attached to an aromatic ring is 1. The second kappa shape index (κ2) is 7.72. The van der Waals surface area contributed by atoms with E-state index in [1.807, 2.05) is 0 Å². The molecule has 3 aliphatic carbocycles. The number of aliphatic hydroxyl groups is 3. The first-order chi connectivity index (χ1) is 14.8. The Kier molecular flexibility index (Phi) is 5.73. The van der Waals surface area contributed by atoms with E-state index in [0.29, 0.717) is 0 Å². The third kappa shape index (κ3) is 3.03. The van der Waals surface area contributed by atoms with Gasteiger partial charge in [0.2, 0.25) is 5.78 Å². The molecule has 10 nitrogen and oxygen atoms in total. The Morgan fingerprint density at radius 2 is 1.85 bits per heavy atom. The number of nitrogens with two attached hydrogens (primary N) is 2. The molecule has 12 heteroatoms. The molecular weight excluding hydrogens is 461 g/mol. The maximum Gasteiger partial charge on any atom is 0.255 e. The standard InChI is InChI=1S/C21H22FN3O7.ClH/c1-25(2)14-8-4-6-3-7-5-9(22)13(23)16(27)10(7)15(26)11(6)18(29)21(8,32)19(30)12(17(14)28)20(24)31;/h5-6,8,14,27-29,32H,3-4,23H2,1-2H3,(H2,24,31);1H. The van der Waals surface area contributed by atoms with Crippen LogP contribution in [0.2, 0.25) is 0 Å². The number of phenols is 1. The Hall–Kier alpha value is -3.15. The van der Waals surface area contributed by atoms with Crippen molar-refractivity contribution in [1.29, 1.82) is 0 Å². The van der Waals surface area contributed by atoms with Crippen LogP contribution in [-0.2, 0) is 16.0 Å². The van der Waals surface area contributed by atoms with Gasteiger partial charge < -0.3 is 31.9 Å². The number of allylic oxidation sites excluding steroid dienone is 1. The summed E-state index contributed by atoms with van der Waals surface area (Å²) < 4.78 is 14.1. The number of rotatable bonds is 2. The lowest BCUT2D eigenvalue weighted by Crippen LogP contribution is -2.63. The maximum absolute atomic E-state index is 14.1. The number of primary amides is 1. The van der Waals surface area contributed by atoms with E-state index in [1.165, 1.54) is 19.0 Å². The summed E-state index contributed by atoms with van der Waals surface area (Å²) in [6.07, 6.45) is -0.0716. The van der Waals surface area contributed by atoms with Gasteiger partial charge in [-0.3, -0.25) is 19.3 Å². The van der Waals surface area contributed by atoms with E-state index in [0.717, 1.165) is 6.07 Å². The highest BCUT2D eigenvalue weighted by molar-refractivity contribution is 6.24. The lowest BCUT2D eigenvalue weighted by Gasteiger charge is -2.50. The van der Waals surface area contributed by atoms with Gasteiger partial charge >= 0.3 is 0 Å². The molecule has 0 heterocycles. The minimum atomic E-state index is -2.72. The normalized spacial score (nSPS) is 28.8. The molecule has 4 rings (SSSR count). The maximum atomic E-state index is 14.1. The van der Waals surface area contributed by atoms with Crippen molar-refractivity contribution in [3.8, 4) is 5.75 Å². The molecule has 1 aromatic rings. The van der Waals surface area contributed by atoms with E-state index < -0.39 is 75.3 Å². The van der Waals surface area contributed by atoms with Gasteiger partial charge in [-0.15, -0.1) is 12.4 Å². The number of phenolic OH excluding ortho intramolecular Hbond substituents is 1. The van der Waals surface area contributed by atoms with Gasteiger partial charge in [0.05, 0.1) is 11.6 Å². The zero-order chi connectivity index (χ0) is 23.9. The zero-order valence-corrected chi connectivity index (χ0v) is 18.4. The SMILES string of the molecule is CN(C)C1C(O)=C(C(N)=O)C(=O)C2(O)C(O)=C3C(=O)c4c(cc(F)c(N)c4O)CC3CC12.Cl. The topological polar surface area (TPSA) is 187 Å². The van der Waals surface area contributed by atoms with E-state index in [9.17, 15) is 39.2 Å². The lowest BCUT2D eigenvalue weighted by atomic mass is 9.58. The first-order valence-corrected chi connectivity index (χ1v) is 9.78. The van der Waals surface area contributed by atoms with Crippen molar-refractivity contribution in [2.24, 2.45) is 17.6 Å². The minimum absolute atomic E-state index is 0. The number of fused-ring (bicyclic) bond motifs is 3. The van der Waals surface area contributed by atoms with Crippen molar-refractivity contribution in [2.75, 3.05) is 19.8 Å². The summed E-state index contributed by atoms with van der Waals surface area (Å²) in [6.45, 7) is 0. The van der Waals surface area contributed by atoms with Gasteiger partial charge in [0.25, 0.3) is 5.91 Å². The van der Waals surface area contributed by atoms with E-state index in [2.05, 4.69) is 0 Å². The molecule has 0 saturated heterocycles. The second-order valence-electron chi connectivity index (χ2n) is 8.62. The predicted octanol–water partition coefficient (Wildman–Crippen LogP) is 0.264. The molecule has 0 bridgehead atoms. The van der Waals surface area contributed by atoms with Crippen molar-refractivity contribution in [2.45, 2.75) is 24.5 Å². The van der Waals surface area contributed by atoms with Crippen LogP contribution in [0.15, 0.2) is 28.7 Å². The van der Waals surface area contributed by atoms with Gasteiger partial charge in [-0.25, -0.2) is 4.39 Å². The summed E-state index contributed by atoms with van der Waals surface area (Å²) in [7, 11) is 3.06. The predicted molar refractivity (Wildman–Crippen MR) is 115 cm³/mol. The van der Waals surface area contributed by atoms with Crippen LogP contribution in [-0.4, -0.2) is 68.5 Å². The van der Waals surface area contributed by atoms with Gasteiger partial charge in [-0.1, -0.05) is 0 Å². The number of hydrogen-bond donors (Lipinski definition) is 6. The van der Waals surface area contributed by atoms with Gasteiger partial charge in [0.1, 0.15) is 28.6 Å². The smallest absolute Gasteiger partial charge is 0.255 e. The van der Waals surface area contributed by atoms with Crippen LogP contribution in [0.4, 0.5) is 10.1 Å². The minimum Gasteiger partial charge on any atom is -0.510 e. The Morgan fingerprint density at radius 3 is 2.39 bits per heavy atom. The van der Waals surface area contributed by atoms with Crippen molar-refractivity contribution in [3.63, 3.8) is 0 Å². The Bertz CT molecular complexity index is 1180. The summed E-state index contributed by atoms with van der Waals surface area (Å²) in [5.41, 5.74) is 6.01. The highest BCUT2D eigenvalue weighted by Crippen LogP contribution is 2.52.